The van der Waals surface area contributed by atoms with Gasteiger partial charge in [0.1, 0.15) is 23.3 Å². The number of nitrogens with one attached hydrogen (secondary N) is 3. The SMILES string of the molecule is C#CCC(NC=O)NC(=O)C1=C(C)CSC2C(NC(=O)CCCC3CCC4C3CCC3C4C(O)CC4CCCCC43C)C(=O)N12. The van der Waals surface area contributed by atoms with E-state index < -0.39 is 18.1 Å². The maximum atomic E-state index is 13.2. The maximum absolute atomic E-state index is 13.2. The van der Waals surface area contributed by atoms with E-state index in [4.69, 9.17) is 6.42 Å². The number of amides is 4. The summed E-state index contributed by atoms with van der Waals surface area (Å²) < 4.78 is 0. The van der Waals surface area contributed by atoms with Gasteiger partial charge in [-0.1, -0.05) is 19.8 Å². The van der Waals surface area contributed by atoms with E-state index in [9.17, 15) is 24.3 Å². The second-order valence-corrected chi connectivity index (χ2v) is 16.0. The largest absolute Gasteiger partial charge is 0.393 e. The van der Waals surface area contributed by atoms with Crippen molar-refractivity contribution in [2.24, 2.45) is 40.9 Å². The highest BCUT2D eigenvalue weighted by Gasteiger charge is 2.58. The third kappa shape index (κ3) is 5.93. The van der Waals surface area contributed by atoms with Crippen LogP contribution in [-0.2, 0) is 19.2 Å². The van der Waals surface area contributed by atoms with E-state index in [1.807, 2.05) is 6.92 Å². The molecule has 11 atom stereocenters. The molecule has 5 fully saturated rings. The van der Waals surface area contributed by atoms with E-state index in [-0.39, 0.29) is 35.4 Å². The lowest BCUT2D eigenvalue weighted by molar-refractivity contribution is -0.148. The van der Waals surface area contributed by atoms with Crippen LogP contribution in [0.5, 0.6) is 0 Å². The second-order valence-electron chi connectivity index (χ2n) is 14.9. The van der Waals surface area contributed by atoms with Gasteiger partial charge in [-0.15, -0.1) is 24.1 Å². The van der Waals surface area contributed by atoms with E-state index in [2.05, 4.69) is 28.8 Å². The molecule has 0 bridgehead atoms. The lowest BCUT2D eigenvalue weighted by atomic mass is 9.46. The molecular formula is C35H50N4O5S. The summed E-state index contributed by atoms with van der Waals surface area (Å²) in [6.07, 6.45) is 18.5. The van der Waals surface area contributed by atoms with Crippen molar-refractivity contribution in [3.8, 4) is 12.3 Å². The van der Waals surface area contributed by atoms with Gasteiger partial charge in [-0.2, -0.15) is 0 Å². The van der Waals surface area contributed by atoms with Gasteiger partial charge in [-0.3, -0.25) is 24.1 Å². The van der Waals surface area contributed by atoms with Crippen molar-refractivity contribution in [3.63, 3.8) is 0 Å². The molecule has 2 heterocycles. The molecular weight excluding hydrogens is 588 g/mol. The van der Waals surface area contributed by atoms with E-state index in [1.54, 1.807) is 0 Å². The minimum absolute atomic E-state index is 0.118. The zero-order valence-electron chi connectivity index (χ0n) is 26.8. The van der Waals surface area contributed by atoms with Crippen LogP contribution in [0.15, 0.2) is 11.3 Å². The number of hydrogen-bond donors (Lipinski definition) is 4. The predicted octanol–water partition coefficient (Wildman–Crippen LogP) is 3.67. The minimum Gasteiger partial charge on any atom is -0.393 e. The first kappa shape index (κ1) is 32.4. The molecule has 0 aromatic carbocycles. The number of hydrogen-bond acceptors (Lipinski definition) is 6. The molecule has 0 aromatic rings. The monoisotopic (exact) mass is 638 g/mol. The van der Waals surface area contributed by atoms with Crippen molar-refractivity contribution in [1.82, 2.24) is 20.9 Å². The number of aliphatic hydroxyl groups is 1. The topological polar surface area (TPSA) is 128 Å². The number of carbonyl (C=O) groups excluding carboxylic acids is 4. The van der Waals surface area contributed by atoms with Gasteiger partial charge in [0.25, 0.3) is 11.8 Å². The standard InChI is InChI=1S/C35H50N4O5S/c1-4-8-27(36-19-40)37-32(43)31-20(2)18-45-34-30(33(44)39(31)34)38-28(42)11-7-9-21-12-13-24-23(21)14-15-25-29(24)26(41)17-22-10-5-6-16-35(22,25)3/h1,19,21-27,29-30,34,41H,5-18H2,2-3H3,(H,36,40)(H,37,43)(H,38,42). The summed E-state index contributed by atoms with van der Waals surface area (Å²) in [5, 5.41) is 19.2. The van der Waals surface area contributed by atoms with Gasteiger partial charge in [-0.25, -0.2) is 0 Å². The van der Waals surface area contributed by atoms with Crippen LogP contribution in [-0.4, -0.2) is 63.6 Å². The fourth-order valence-electron chi connectivity index (χ4n) is 10.6. The molecule has 0 spiro atoms. The molecule has 246 valence electrons. The first-order chi connectivity index (χ1) is 21.7. The molecule has 0 aromatic heterocycles. The smallest absolute Gasteiger partial charge is 0.269 e. The number of carbonyl (C=O) groups is 4. The Balaban J connectivity index is 0.988. The average molecular weight is 639 g/mol. The van der Waals surface area contributed by atoms with Gasteiger partial charge in [0.15, 0.2) is 0 Å². The van der Waals surface area contributed by atoms with Crippen LogP contribution in [0.4, 0.5) is 0 Å². The van der Waals surface area contributed by atoms with Gasteiger partial charge in [0.2, 0.25) is 12.3 Å². The third-order valence-electron chi connectivity index (χ3n) is 12.6. The molecule has 9 nitrogen and oxygen atoms in total. The average Bonchev–Trinajstić information content (AvgIpc) is 3.43. The number of terminal acetylenes is 1. The Morgan fingerprint density at radius 3 is 2.78 bits per heavy atom. The number of β-lactam (4-membered cyclic amide) rings is 1. The first-order valence-electron chi connectivity index (χ1n) is 17.2. The summed E-state index contributed by atoms with van der Waals surface area (Å²) >= 11 is 1.54. The highest BCUT2D eigenvalue weighted by Crippen LogP contribution is 2.64. The molecule has 1 saturated heterocycles. The molecule has 4 amide bonds. The van der Waals surface area contributed by atoms with Crippen LogP contribution in [0.1, 0.15) is 97.3 Å². The molecule has 4 aliphatic carbocycles. The molecule has 6 rings (SSSR count). The van der Waals surface area contributed by atoms with Crippen LogP contribution >= 0.6 is 11.8 Å². The van der Waals surface area contributed by atoms with Gasteiger partial charge < -0.3 is 21.1 Å². The first-order valence-corrected chi connectivity index (χ1v) is 18.3. The summed E-state index contributed by atoms with van der Waals surface area (Å²) in [5.41, 5.74) is 1.44. The normalized spacial score (nSPS) is 39.2. The molecule has 4 saturated carbocycles. The maximum Gasteiger partial charge on any atom is 0.269 e. The molecule has 6 aliphatic rings. The lowest BCUT2D eigenvalue weighted by Gasteiger charge is -2.59. The summed E-state index contributed by atoms with van der Waals surface area (Å²) in [6, 6.07) is -0.656. The summed E-state index contributed by atoms with van der Waals surface area (Å²) in [6.45, 7) is 4.35. The molecule has 45 heavy (non-hydrogen) atoms. The number of nitrogens with zero attached hydrogens (tertiary/aromatic N) is 1. The Hall–Kier alpha value is -2.51. The highest BCUT2D eigenvalue weighted by molar-refractivity contribution is 8.00. The van der Waals surface area contributed by atoms with Gasteiger partial charge >= 0.3 is 0 Å². The Morgan fingerprint density at radius 2 is 2.00 bits per heavy atom. The van der Waals surface area contributed by atoms with Crippen LogP contribution in [0.3, 0.4) is 0 Å². The van der Waals surface area contributed by atoms with Crippen molar-refractivity contribution < 1.29 is 24.3 Å². The lowest BCUT2D eigenvalue weighted by Crippen LogP contribution is -2.71. The highest BCUT2D eigenvalue weighted by atomic mass is 32.2. The van der Waals surface area contributed by atoms with Gasteiger partial charge in [0, 0.05) is 18.6 Å². The summed E-state index contributed by atoms with van der Waals surface area (Å²) in [5.74, 6) is 5.80. The van der Waals surface area contributed by atoms with Crippen molar-refractivity contribution in [2.75, 3.05) is 5.75 Å². The number of thioether (sulfide) groups is 1. The predicted molar refractivity (Wildman–Crippen MR) is 173 cm³/mol. The number of rotatable bonds is 10. The van der Waals surface area contributed by atoms with Crippen LogP contribution in [0.2, 0.25) is 0 Å². The number of fused-ring (bicyclic) bond motifs is 6. The molecule has 2 aliphatic heterocycles. The zero-order chi connectivity index (χ0) is 31.9. The van der Waals surface area contributed by atoms with E-state index in [1.165, 1.54) is 68.0 Å². The van der Waals surface area contributed by atoms with Crippen molar-refractivity contribution in [3.05, 3.63) is 11.3 Å². The van der Waals surface area contributed by atoms with Crippen molar-refractivity contribution >= 4 is 35.9 Å². The molecule has 11 unspecified atom stereocenters. The van der Waals surface area contributed by atoms with Crippen LogP contribution < -0.4 is 16.0 Å². The van der Waals surface area contributed by atoms with Crippen LogP contribution in [0.25, 0.3) is 0 Å². The fraction of sp³-hybridized carbons (Fsp3) is 0.771. The van der Waals surface area contributed by atoms with Crippen molar-refractivity contribution in [2.45, 2.75) is 121 Å². The molecule has 0 radical (unpaired) electrons. The summed E-state index contributed by atoms with van der Waals surface area (Å²) in [7, 11) is 0. The third-order valence-corrected chi connectivity index (χ3v) is 14.1. The van der Waals surface area contributed by atoms with Gasteiger partial charge in [0.05, 0.1) is 6.10 Å². The number of aliphatic hydroxyl groups excluding tert-OH is 1. The Morgan fingerprint density at radius 1 is 1.20 bits per heavy atom. The molecule has 10 heteroatoms. The summed E-state index contributed by atoms with van der Waals surface area (Å²) in [4.78, 5) is 51.6. The fourth-order valence-corrected chi connectivity index (χ4v) is 11.8. The zero-order valence-corrected chi connectivity index (χ0v) is 27.6. The van der Waals surface area contributed by atoms with Gasteiger partial charge in [-0.05, 0) is 111 Å². The Labute approximate surface area is 271 Å². The van der Waals surface area contributed by atoms with E-state index in [0.29, 0.717) is 59.5 Å². The van der Waals surface area contributed by atoms with Crippen LogP contribution in [0, 0.1) is 53.3 Å². The molecule has 4 N–H and O–H groups in total. The Kier molecular flexibility index (Phi) is 9.59. The Bertz CT molecular complexity index is 1260. The quantitative estimate of drug-likeness (QED) is 0.125. The van der Waals surface area contributed by atoms with E-state index in [0.717, 1.165) is 24.8 Å². The van der Waals surface area contributed by atoms with E-state index >= 15 is 0 Å². The van der Waals surface area contributed by atoms with Crippen molar-refractivity contribution in [1.29, 1.82) is 0 Å². The second kappa shape index (κ2) is 13.3. The minimum atomic E-state index is -0.731.